The second-order valence-corrected chi connectivity index (χ2v) is 5.26. The number of ether oxygens (including phenoxy) is 2. The van der Waals surface area contributed by atoms with Crippen molar-refractivity contribution >= 4 is 17.6 Å². The van der Waals surface area contributed by atoms with Crippen LogP contribution in [0.15, 0.2) is 24.3 Å². The SMILES string of the molecule is COCCOCC(O)CC(Cc1ccc(Cl)cc1)C(=O)O. The summed E-state index contributed by atoms with van der Waals surface area (Å²) in [7, 11) is 1.56. The maximum absolute atomic E-state index is 11.3. The molecule has 118 valence electrons. The molecule has 0 aromatic heterocycles. The van der Waals surface area contributed by atoms with E-state index < -0.39 is 18.0 Å². The standard InChI is InChI=1S/C15H21ClO5/c1-20-6-7-21-10-14(17)9-12(15(18)19)8-11-2-4-13(16)5-3-11/h2-5,12,14,17H,6-10H2,1H3,(H,18,19). The first-order chi connectivity index (χ1) is 10.0. The Hall–Kier alpha value is -1.14. The molecule has 0 saturated heterocycles. The molecule has 21 heavy (non-hydrogen) atoms. The van der Waals surface area contributed by atoms with Crippen LogP contribution in [0.1, 0.15) is 12.0 Å². The van der Waals surface area contributed by atoms with Gasteiger partial charge in [-0.1, -0.05) is 23.7 Å². The summed E-state index contributed by atoms with van der Waals surface area (Å²) in [6, 6.07) is 7.03. The zero-order valence-corrected chi connectivity index (χ0v) is 12.8. The molecule has 0 aliphatic carbocycles. The zero-order valence-electron chi connectivity index (χ0n) is 12.0. The topological polar surface area (TPSA) is 76.0 Å². The average molecular weight is 317 g/mol. The van der Waals surface area contributed by atoms with Crippen molar-refractivity contribution in [1.82, 2.24) is 0 Å². The van der Waals surface area contributed by atoms with Crippen molar-refractivity contribution < 1.29 is 24.5 Å². The van der Waals surface area contributed by atoms with Crippen LogP contribution in [0.5, 0.6) is 0 Å². The van der Waals surface area contributed by atoms with Crippen LogP contribution in [0.2, 0.25) is 5.02 Å². The van der Waals surface area contributed by atoms with Crippen LogP contribution in [0.25, 0.3) is 0 Å². The molecule has 1 aromatic rings. The number of carbonyl (C=O) groups is 1. The lowest BCUT2D eigenvalue weighted by molar-refractivity contribution is -0.143. The van der Waals surface area contributed by atoms with Gasteiger partial charge in [0.25, 0.3) is 0 Å². The summed E-state index contributed by atoms with van der Waals surface area (Å²) in [5.74, 6) is -1.59. The van der Waals surface area contributed by atoms with Crippen molar-refractivity contribution in [1.29, 1.82) is 0 Å². The number of methoxy groups -OCH3 is 1. The van der Waals surface area contributed by atoms with Crippen LogP contribution in [0.4, 0.5) is 0 Å². The predicted octanol–water partition coefficient (Wildman–Crippen LogP) is 2.00. The highest BCUT2D eigenvalue weighted by atomic mass is 35.5. The first-order valence-electron chi connectivity index (χ1n) is 6.75. The molecule has 6 heteroatoms. The summed E-state index contributed by atoms with van der Waals surface area (Å²) in [5.41, 5.74) is 0.874. The van der Waals surface area contributed by atoms with Gasteiger partial charge in [-0.15, -0.1) is 0 Å². The number of halogens is 1. The third kappa shape index (κ3) is 7.43. The predicted molar refractivity (Wildman–Crippen MR) is 79.6 cm³/mol. The van der Waals surface area contributed by atoms with E-state index in [0.717, 1.165) is 5.56 Å². The minimum Gasteiger partial charge on any atom is -0.481 e. The van der Waals surface area contributed by atoms with Crippen molar-refractivity contribution in [2.75, 3.05) is 26.9 Å². The number of carboxylic acids is 1. The summed E-state index contributed by atoms with van der Waals surface area (Å²) < 4.78 is 10.0. The molecule has 1 rings (SSSR count). The number of carboxylic acid groups (broad SMARTS) is 1. The zero-order chi connectivity index (χ0) is 15.7. The van der Waals surface area contributed by atoms with Gasteiger partial charge < -0.3 is 19.7 Å². The van der Waals surface area contributed by atoms with E-state index in [2.05, 4.69) is 0 Å². The smallest absolute Gasteiger partial charge is 0.306 e. The fourth-order valence-corrected chi connectivity index (χ4v) is 2.06. The van der Waals surface area contributed by atoms with Crippen molar-refractivity contribution in [3.63, 3.8) is 0 Å². The summed E-state index contributed by atoms with van der Waals surface area (Å²) in [6.07, 6.45) is -0.317. The monoisotopic (exact) mass is 316 g/mol. The lowest BCUT2D eigenvalue weighted by Crippen LogP contribution is -2.26. The Kier molecular flexibility index (Phi) is 8.30. The van der Waals surface area contributed by atoms with Crippen LogP contribution in [0, 0.1) is 5.92 Å². The van der Waals surface area contributed by atoms with E-state index in [0.29, 0.717) is 24.7 Å². The summed E-state index contributed by atoms with van der Waals surface area (Å²) in [4.78, 5) is 11.3. The molecular formula is C15H21ClO5. The Morgan fingerprint density at radius 1 is 1.29 bits per heavy atom. The van der Waals surface area contributed by atoms with Gasteiger partial charge in [0.2, 0.25) is 0 Å². The van der Waals surface area contributed by atoms with Gasteiger partial charge in [-0.3, -0.25) is 4.79 Å². The highest BCUT2D eigenvalue weighted by molar-refractivity contribution is 6.30. The molecule has 2 N–H and O–H groups in total. The molecule has 0 bridgehead atoms. The lowest BCUT2D eigenvalue weighted by atomic mass is 9.94. The van der Waals surface area contributed by atoms with E-state index in [1.54, 1.807) is 31.4 Å². The molecule has 5 nitrogen and oxygen atoms in total. The Balaban J connectivity index is 2.45. The van der Waals surface area contributed by atoms with Gasteiger partial charge in [-0.05, 0) is 30.5 Å². The highest BCUT2D eigenvalue weighted by Crippen LogP contribution is 2.17. The third-order valence-electron chi connectivity index (χ3n) is 3.04. The fraction of sp³-hybridized carbons (Fsp3) is 0.533. The van der Waals surface area contributed by atoms with Crippen LogP contribution in [-0.4, -0.2) is 49.2 Å². The fourth-order valence-electron chi connectivity index (χ4n) is 1.93. The molecule has 0 saturated carbocycles. The second kappa shape index (κ2) is 9.73. The Labute approximate surface area is 129 Å². The quantitative estimate of drug-likeness (QED) is 0.646. The highest BCUT2D eigenvalue weighted by Gasteiger charge is 2.22. The number of aliphatic carboxylic acids is 1. The minimum absolute atomic E-state index is 0.105. The van der Waals surface area contributed by atoms with Crippen molar-refractivity contribution in [2.45, 2.75) is 18.9 Å². The van der Waals surface area contributed by atoms with E-state index in [-0.39, 0.29) is 13.0 Å². The molecule has 0 amide bonds. The molecule has 0 fully saturated rings. The first-order valence-corrected chi connectivity index (χ1v) is 7.12. The number of benzene rings is 1. The van der Waals surface area contributed by atoms with E-state index in [9.17, 15) is 15.0 Å². The maximum atomic E-state index is 11.3. The lowest BCUT2D eigenvalue weighted by Gasteiger charge is -2.17. The number of rotatable bonds is 10. The van der Waals surface area contributed by atoms with Gasteiger partial charge in [0.05, 0.1) is 31.8 Å². The van der Waals surface area contributed by atoms with E-state index in [1.165, 1.54) is 0 Å². The molecule has 2 unspecified atom stereocenters. The van der Waals surface area contributed by atoms with Gasteiger partial charge in [0, 0.05) is 12.1 Å². The van der Waals surface area contributed by atoms with E-state index in [4.69, 9.17) is 21.1 Å². The number of hydrogen-bond acceptors (Lipinski definition) is 4. The van der Waals surface area contributed by atoms with Crippen LogP contribution >= 0.6 is 11.6 Å². The maximum Gasteiger partial charge on any atom is 0.306 e. The van der Waals surface area contributed by atoms with Gasteiger partial charge >= 0.3 is 5.97 Å². The first kappa shape index (κ1) is 17.9. The second-order valence-electron chi connectivity index (χ2n) is 4.82. The minimum atomic E-state index is -0.930. The molecule has 0 heterocycles. The normalized spacial score (nSPS) is 13.9. The van der Waals surface area contributed by atoms with Gasteiger partial charge in [0.15, 0.2) is 0 Å². The number of hydrogen-bond donors (Lipinski definition) is 2. The van der Waals surface area contributed by atoms with Gasteiger partial charge in [-0.25, -0.2) is 0 Å². The van der Waals surface area contributed by atoms with Crippen molar-refractivity contribution in [3.8, 4) is 0 Å². The summed E-state index contributed by atoms with van der Waals surface area (Å²) in [5, 5.41) is 19.7. The Bertz CT molecular complexity index is 421. The molecule has 0 radical (unpaired) electrons. The van der Waals surface area contributed by atoms with Crippen molar-refractivity contribution in [3.05, 3.63) is 34.9 Å². The number of aliphatic hydroxyl groups is 1. The van der Waals surface area contributed by atoms with Gasteiger partial charge in [-0.2, -0.15) is 0 Å². The van der Waals surface area contributed by atoms with Crippen molar-refractivity contribution in [2.24, 2.45) is 5.92 Å². The molecule has 1 aromatic carbocycles. The van der Waals surface area contributed by atoms with Crippen LogP contribution < -0.4 is 0 Å². The average Bonchev–Trinajstić information content (AvgIpc) is 2.45. The van der Waals surface area contributed by atoms with Crippen LogP contribution in [0.3, 0.4) is 0 Å². The largest absolute Gasteiger partial charge is 0.481 e. The van der Waals surface area contributed by atoms with E-state index >= 15 is 0 Å². The Morgan fingerprint density at radius 2 is 1.95 bits per heavy atom. The van der Waals surface area contributed by atoms with Crippen LogP contribution in [-0.2, 0) is 20.7 Å². The molecule has 0 aliphatic rings. The summed E-state index contributed by atoms with van der Waals surface area (Å²) >= 11 is 5.79. The molecule has 0 aliphatic heterocycles. The van der Waals surface area contributed by atoms with Gasteiger partial charge in [0.1, 0.15) is 0 Å². The summed E-state index contributed by atoms with van der Waals surface area (Å²) in [6.45, 7) is 0.927. The molecular weight excluding hydrogens is 296 g/mol. The number of aliphatic hydroxyl groups excluding tert-OH is 1. The molecule has 2 atom stereocenters. The molecule has 0 spiro atoms. The third-order valence-corrected chi connectivity index (χ3v) is 3.30. The van der Waals surface area contributed by atoms with E-state index in [1.807, 2.05) is 0 Å². The Morgan fingerprint density at radius 3 is 2.52 bits per heavy atom.